The van der Waals surface area contributed by atoms with Crippen LogP contribution in [0.5, 0.6) is 5.75 Å². The van der Waals surface area contributed by atoms with E-state index in [1.54, 1.807) is 0 Å². The summed E-state index contributed by atoms with van der Waals surface area (Å²) in [5.41, 5.74) is 2.83. The molecule has 0 aliphatic heterocycles. The largest absolute Gasteiger partial charge is 0.481 e. The monoisotopic (exact) mass is 303 g/mol. The molecule has 0 heterocycles. The highest BCUT2D eigenvalue weighted by Crippen LogP contribution is 2.26. The van der Waals surface area contributed by atoms with E-state index in [-0.39, 0.29) is 12.0 Å². The zero-order chi connectivity index (χ0) is 15.8. The highest BCUT2D eigenvalue weighted by atomic mass is 16.5. The van der Waals surface area contributed by atoms with Crippen molar-refractivity contribution in [1.29, 1.82) is 0 Å². The lowest BCUT2D eigenvalue weighted by atomic mass is 9.92. The van der Waals surface area contributed by atoms with Crippen molar-refractivity contribution in [3.8, 4) is 5.75 Å². The van der Waals surface area contributed by atoms with Crippen molar-refractivity contribution in [2.45, 2.75) is 71.3 Å². The molecule has 1 aromatic rings. The number of carbonyl (C=O) groups excluding carboxylic acids is 1. The number of hydrogen-bond donors (Lipinski definition) is 1. The molecule has 3 heteroatoms. The van der Waals surface area contributed by atoms with E-state index in [1.165, 1.54) is 36.8 Å². The van der Waals surface area contributed by atoms with Gasteiger partial charge in [-0.15, -0.1) is 0 Å². The molecule has 1 N–H and O–H groups in total. The second kappa shape index (κ2) is 8.82. The third-order valence-corrected chi connectivity index (χ3v) is 4.34. The Hall–Kier alpha value is -1.51. The number of benzene rings is 1. The number of aryl methyl sites for hydroxylation is 2. The first-order valence-electron chi connectivity index (χ1n) is 8.80. The molecule has 0 radical (unpaired) electrons. The predicted molar refractivity (Wildman–Crippen MR) is 90.3 cm³/mol. The van der Waals surface area contributed by atoms with Crippen molar-refractivity contribution in [3.05, 3.63) is 29.3 Å². The van der Waals surface area contributed by atoms with Crippen LogP contribution in [-0.2, 0) is 17.6 Å². The number of nitrogens with one attached hydrogen (secondary N) is 1. The van der Waals surface area contributed by atoms with Crippen molar-refractivity contribution < 1.29 is 9.53 Å². The van der Waals surface area contributed by atoms with Crippen molar-refractivity contribution in [2.75, 3.05) is 6.54 Å². The minimum atomic E-state index is -0.386. The fraction of sp³-hybridized carbons (Fsp3) is 0.632. The molecule has 0 saturated heterocycles. The van der Waals surface area contributed by atoms with Gasteiger partial charge in [-0.3, -0.25) is 4.79 Å². The van der Waals surface area contributed by atoms with E-state index < -0.39 is 0 Å². The van der Waals surface area contributed by atoms with Gasteiger partial charge in [0, 0.05) is 6.54 Å². The van der Waals surface area contributed by atoms with Crippen LogP contribution in [0.15, 0.2) is 18.2 Å². The zero-order valence-electron chi connectivity index (χ0n) is 14.0. The van der Waals surface area contributed by atoms with Gasteiger partial charge in [0.15, 0.2) is 6.10 Å². The third-order valence-electron chi connectivity index (χ3n) is 4.34. The molecule has 0 spiro atoms. The Morgan fingerprint density at radius 3 is 2.68 bits per heavy atom. The Morgan fingerprint density at radius 1 is 1.18 bits per heavy atom. The van der Waals surface area contributed by atoms with Crippen molar-refractivity contribution in [2.24, 2.45) is 0 Å². The first kappa shape index (κ1) is 16.9. The molecule has 1 aliphatic carbocycles. The molecular weight excluding hydrogens is 274 g/mol. The maximum absolute atomic E-state index is 12.2. The van der Waals surface area contributed by atoms with Gasteiger partial charge in [0.1, 0.15) is 5.75 Å². The summed E-state index contributed by atoms with van der Waals surface area (Å²) in [6.07, 6.45) is 8.51. The van der Waals surface area contributed by atoms with E-state index in [1.807, 2.05) is 13.0 Å². The van der Waals surface area contributed by atoms with Gasteiger partial charge >= 0.3 is 0 Å². The molecule has 0 aromatic heterocycles. The lowest BCUT2D eigenvalue weighted by Gasteiger charge is -2.20. The van der Waals surface area contributed by atoms with E-state index in [9.17, 15) is 4.79 Å². The predicted octanol–water partition coefficient (Wildman–Crippen LogP) is 4.03. The number of carbonyl (C=O) groups is 1. The number of ether oxygens (including phenoxy) is 1. The average molecular weight is 303 g/mol. The van der Waals surface area contributed by atoms with Crippen molar-refractivity contribution in [1.82, 2.24) is 5.32 Å². The van der Waals surface area contributed by atoms with Crippen molar-refractivity contribution >= 4 is 5.91 Å². The summed E-state index contributed by atoms with van der Waals surface area (Å²) < 4.78 is 5.94. The molecule has 2 rings (SSSR count). The summed E-state index contributed by atoms with van der Waals surface area (Å²) in [4.78, 5) is 12.2. The number of rotatable bonds is 8. The standard InChI is InChI=1S/C19H29NO2/c1-3-5-8-13-20-19(21)18(4-2)22-17-12-11-15-9-6-7-10-16(15)14-17/h11-12,14,18H,3-10,13H2,1-2H3,(H,20,21)/t18-/m1/s1. The first-order chi connectivity index (χ1) is 10.7. The lowest BCUT2D eigenvalue weighted by Crippen LogP contribution is -2.38. The van der Waals surface area contributed by atoms with Crippen LogP contribution >= 0.6 is 0 Å². The molecule has 3 nitrogen and oxygen atoms in total. The molecule has 1 atom stereocenters. The molecular formula is C19H29NO2. The second-order valence-corrected chi connectivity index (χ2v) is 6.15. The highest BCUT2D eigenvalue weighted by Gasteiger charge is 2.18. The Morgan fingerprint density at radius 2 is 1.95 bits per heavy atom. The molecule has 0 bridgehead atoms. The fourth-order valence-corrected chi connectivity index (χ4v) is 2.97. The Balaban J connectivity index is 1.90. The van der Waals surface area contributed by atoms with Gasteiger partial charge in [0.2, 0.25) is 0 Å². The Labute approximate surface area is 134 Å². The maximum Gasteiger partial charge on any atom is 0.261 e. The molecule has 1 amide bonds. The van der Waals surface area contributed by atoms with E-state index in [2.05, 4.69) is 24.4 Å². The van der Waals surface area contributed by atoms with Crippen LogP contribution in [0.3, 0.4) is 0 Å². The summed E-state index contributed by atoms with van der Waals surface area (Å²) in [5, 5.41) is 2.99. The first-order valence-corrected chi connectivity index (χ1v) is 8.80. The summed E-state index contributed by atoms with van der Waals surface area (Å²) in [5.74, 6) is 0.840. The molecule has 0 unspecified atom stereocenters. The van der Waals surface area contributed by atoms with Gasteiger partial charge in [0.05, 0.1) is 0 Å². The molecule has 0 saturated carbocycles. The highest BCUT2D eigenvalue weighted by molar-refractivity contribution is 5.81. The van der Waals surface area contributed by atoms with Gasteiger partial charge in [0.25, 0.3) is 5.91 Å². The van der Waals surface area contributed by atoms with Crippen LogP contribution in [0.1, 0.15) is 63.5 Å². The van der Waals surface area contributed by atoms with Gasteiger partial charge < -0.3 is 10.1 Å². The van der Waals surface area contributed by atoms with Gasteiger partial charge in [-0.25, -0.2) is 0 Å². The minimum absolute atomic E-state index is 0.0105. The second-order valence-electron chi connectivity index (χ2n) is 6.15. The molecule has 22 heavy (non-hydrogen) atoms. The minimum Gasteiger partial charge on any atom is -0.481 e. The summed E-state index contributed by atoms with van der Waals surface area (Å²) in [6.45, 7) is 4.90. The normalized spacial score (nSPS) is 15.0. The number of amides is 1. The summed E-state index contributed by atoms with van der Waals surface area (Å²) >= 11 is 0. The van der Waals surface area contributed by atoms with Crippen LogP contribution in [0.4, 0.5) is 0 Å². The van der Waals surface area contributed by atoms with Gasteiger partial charge in [-0.05, 0) is 61.8 Å². The van der Waals surface area contributed by atoms with Crippen LogP contribution < -0.4 is 10.1 Å². The number of fused-ring (bicyclic) bond motifs is 1. The summed E-state index contributed by atoms with van der Waals surface area (Å²) in [7, 11) is 0. The number of hydrogen-bond acceptors (Lipinski definition) is 2. The van der Waals surface area contributed by atoms with Crippen molar-refractivity contribution in [3.63, 3.8) is 0 Å². The maximum atomic E-state index is 12.2. The lowest BCUT2D eigenvalue weighted by molar-refractivity contribution is -0.128. The Kier molecular flexibility index (Phi) is 6.75. The average Bonchev–Trinajstić information content (AvgIpc) is 2.56. The van der Waals surface area contributed by atoms with Crippen LogP contribution in [0.25, 0.3) is 0 Å². The quantitative estimate of drug-likeness (QED) is 0.736. The third kappa shape index (κ3) is 4.75. The molecule has 1 aromatic carbocycles. The number of unbranched alkanes of at least 4 members (excludes halogenated alkanes) is 2. The zero-order valence-corrected chi connectivity index (χ0v) is 14.0. The van der Waals surface area contributed by atoms with E-state index in [0.717, 1.165) is 31.6 Å². The smallest absolute Gasteiger partial charge is 0.261 e. The van der Waals surface area contributed by atoms with E-state index in [0.29, 0.717) is 6.42 Å². The van der Waals surface area contributed by atoms with Gasteiger partial charge in [-0.1, -0.05) is 32.8 Å². The van der Waals surface area contributed by atoms with Crippen LogP contribution in [0, 0.1) is 0 Å². The van der Waals surface area contributed by atoms with Crippen LogP contribution in [-0.4, -0.2) is 18.6 Å². The topological polar surface area (TPSA) is 38.3 Å². The van der Waals surface area contributed by atoms with Crippen LogP contribution in [0.2, 0.25) is 0 Å². The SMILES string of the molecule is CCCCCNC(=O)[C@@H](CC)Oc1ccc2c(c1)CCCC2. The molecule has 0 fully saturated rings. The molecule has 122 valence electrons. The van der Waals surface area contributed by atoms with E-state index >= 15 is 0 Å². The van der Waals surface area contributed by atoms with E-state index in [4.69, 9.17) is 4.74 Å². The Bertz CT molecular complexity index is 484. The van der Waals surface area contributed by atoms with Gasteiger partial charge in [-0.2, -0.15) is 0 Å². The summed E-state index contributed by atoms with van der Waals surface area (Å²) in [6, 6.07) is 6.30. The fourth-order valence-electron chi connectivity index (χ4n) is 2.97. The molecule has 1 aliphatic rings.